The van der Waals surface area contributed by atoms with Gasteiger partial charge in [-0.15, -0.1) is 0 Å². The van der Waals surface area contributed by atoms with Gasteiger partial charge in [0.1, 0.15) is 6.33 Å². The predicted molar refractivity (Wildman–Crippen MR) is 71.0 cm³/mol. The number of benzene rings is 1. The molecule has 0 spiro atoms. The highest BCUT2D eigenvalue weighted by atomic mass is 16.5. The lowest BCUT2D eigenvalue weighted by atomic mass is 10.3. The Kier molecular flexibility index (Phi) is 2.67. The topological polar surface area (TPSA) is 56.5 Å². The Morgan fingerprint density at radius 3 is 2.79 bits per heavy atom. The average molecular weight is 255 g/mol. The zero-order valence-corrected chi connectivity index (χ0v) is 10.7. The maximum Gasteiger partial charge on any atom is 0.359 e. The van der Waals surface area contributed by atoms with Gasteiger partial charge in [0.2, 0.25) is 0 Å². The molecule has 0 unspecified atom stereocenters. The van der Waals surface area contributed by atoms with E-state index in [1.807, 2.05) is 42.5 Å². The summed E-state index contributed by atoms with van der Waals surface area (Å²) in [5, 5.41) is 0. The highest BCUT2D eigenvalue weighted by molar-refractivity contribution is 5.96. The van der Waals surface area contributed by atoms with Gasteiger partial charge in [0.25, 0.3) is 0 Å². The summed E-state index contributed by atoms with van der Waals surface area (Å²) in [6.45, 7) is 3.62. The highest BCUT2D eigenvalue weighted by Gasteiger charge is 2.17. The molecule has 0 aliphatic rings. The summed E-state index contributed by atoms with van der Waals surface area (Å²) in [6.07, 6.45) is 3.10. The molecule has 0 aliphatic carbocycles. The molecule has 2 aromatic heterocycles. The summed E-state index contributed by atoms with van der Waals surface area (Å²) in [5.41, 5.74) is 2.73. The molecule has 3 rings (SSSR count). The first-order valence-corrected chi connectivity index (χ1v) is 6.08. The molecule has 0 atom stereocenters. The van der Waals surface area contributed by atoms with Gasteiger partial charge < -0.3 is 4.74 Å². The van der Waals surface area contributed by atoms with Crippen LogP contribution < -0.4 is 0 Å². The SMILES string of the molecule is CC(C)OC(=O)c1ncn2c1cnc1ccccc12. The summed E-state index contributed by atoms with van der Waals surface area (Å²) in [4.78, 5) is 20.4. The number of carbonyl (C=O) groups excluding carboxylic acids is 1. The van der Waals surface area contributed by atoms with E-state index in [4.69, 9.17) is 4.74 Å². The van der Waals surface area contributed by atoms with Crippen LogP contribution in [0.15, 0.2) is 36.8 Å². The van der Waals surface area contributed by atoms with Crippen LogP contribution in [0.3, 0.4) is 0 Å². The number of fused-ring (bicyclic) bond motifs is 3. The number of esters is 1. The lowest BCUT2D eigenvalue weighted by molar-refractivity contribution is 0.0374. The minimum atomic E-state index is -0.422. The van der Waals surface area contributed by atoms with E-state index in [2.05, 4.69) is 9.97 Å². The van der Waals surface area contributed by atoms with Gasteiger partial charge in [-0.3, -0.25) is 9.38 Å². The summed E-state index contributed by atoms with van der Waals surface area (Å²) < 4.78 is 7.02. The standard InChI is InChI=1S/C14H13N3O2/c1-9(2)19-14(18)13-12-7-15-10-5-3-4-6-11(10)17(12)8-16-13/h3-9H,1-2H3. The Bertz CT molecular complexity index is 762. The maximum atomic E-state index is 11.9. The molecule has 5 heteroatoms. The van der Waals surface area contributed by atoms with Crippen LogP contribution in [0.5, 0.6) is 0 Å². The van der Waals surface area contributed by atoms with Gasteiger partial charge in [0, 0.05) is 0 Å². The van der Waals surface area contributed by atoms with Crippen molar-refractivity contribution in [2.75, 3.05) is 0 Å². The van der Waals surface area contributed by atoms with Crippen LogP contribution >= 0.6 is 0 Å². The summed E-state index contributed by atoms with van der Waals surface area (Å²) in [7, 11) is 0. The fourth-order valence-corrected chi connectivity index (χ4v) is 2.01. The van der Waals surface area contributed by atoms with E-state index in [-0.39, 0.29) is 6.10 Å². The largest absolute Gasteiger partial charge is 0.458 e. The monoisotopic (exact) mass is 255 g/mol. The van der Waals surface area contributed by atoms with Gasteiger partial charge in [0.15, 0.2) is 5.69 Å². The molecule has 0 radical (unpaired) electrons. The van der Waals surface area contributed by atoms with Crippen LogP contribution in [0.25, 0.3) is 16.6 Å². The Hall–Kier alpha value is -2.43. The normalized spacial score (nSPS) is 11.3. The molecule has 1 aromatic carbocycles. The molecule has 0 aliphatic heterocycles. The molecule has 5 nitrogen and oxygen atoms in total. The van der Waals surface area contributed by atoms with E-state index in [9.17, 15) is 4.79 Å². The summed E-state index contributed by atoms with van der Waals surface area (Å²) in [5.74, 6) is -0.422. The molecule has 96 valence electrons. The van der Waals surface area contributed by atoms with Crippen LogP contribution in [0.2, 0.25) is 0 Å². The number of carbonyl (C=O) groups is 1. The van der Waals surface area contributed by atoms with Gasteiger partial charge >= 0.3 is 5.97 Å². The predicted octanol–water partition coefficient (Wildman–Crippen LogP) is 2.45. The number of imidazole rings is 1. The highest BCUT2D eigenvalue weighted by Crippen LogP contribution is 2.17. The van der Waals surface area contributed by atoms with Crippen molar-refractivity contribution in [3.63, 3.8) is 0 Å². The van der Waals surface area contributed by atoms with Crippen LogP contribution in [-0.4, -0.2) is 26.4 Å². The quantitative estimate of drug-likeness (QED) is 0.660. The van der Waals surface area contributed by atoms with Crippen molar-refractivity contribution in [3.05, 3.63) is 42.5 Å². The number of rotatable bonds is 2. The first-order valence-electron chi connectivity index (χ1n) is 6.08. The molecular weight excluding hydrogens is 242 g/mol. The lowest BCUT2D eigenvalue weighted by Crippen LogP contribution is -2.12. The van der Waals surface area contributed by atoms with E-state index in [1.54, 1.807) is 12.5 Å². The first kappa shape index (κ1) is 11.6. The van der Waals surface area contributed by atoms with Crippen LogP contribution in [0.1, 0.15) is 24.3 Å². The Morgan fingerprint density at radius 1 is 1.21 bits per heavy atom. The van der Waals surface area contributed by atoms with Crippen LogP contribution in [-0.2, 0) is 4.74 Å². The number of para-hydroxylation sites is 2. The molecule has 0 saturated carbocycles. The molecule has 3 aromatic rings. The van der Waals surface area contributed by atoms with Crippen molar-refractivity contribution in [1.29, 1.82) is 0 Å². The van der Waals surface area contributed by atoms with Gasteiger partial charge in [-0.2, -0.15) is 0 Å². The lowest BCUT2D eigenvalue weighted by Gasteiger charge is -2.06. The maximum absolute atomic E-state index is 11.9. The number of aromatic nitrogens is 3. The number of hydrogen-bond donors (Lipinski definition) is 0. The van der Waals surface area contributed by atoms with Crippen molar-refractivity contribution < 1.29 is 9.53 Å². The molecule has 2 heterocycles. The number of nitrogens with zero attached hydrogens (tertiary/aromatic N) is 3. The van der Waals surface area contributed by atoms with Gasteiger partial charge in [-0.1, -0.05) is 12.1 Å². The van der Waals surface area contributed by atoms with E-state index in [1.165, 1.54) is 0 Å². The van der Waals surface area contributed by atoms with Crippen LogP contribution in [0, 0.1) is 0 Å². The molecule has 0 fully saturated rings. The van der Waals surface area contributed by atoms with Crippen molar-refractivity contribution in [1.82, 2.24) is 14.4 Å². The van der Waals surface area contributed by atoms with Gasteiger partial charge in [0.05, 0.1) is 28.9 Å². The van der Waals surface area contributed by atoms with Gasteiger partial charge in [-0.25, -0.2) is 9.78 Å². The minimum Gasteiger partial charge on any atom is -0.458 e. The number of ether oxygens (including phenoxy) is 1. The zero-order valence-electron chi connectivity index (χ0n) is 10.7. The average Bonchev–Trinajstić information content (AvgIpc) is 2.82. The molecule has 0 N–H and O–H groups in total. The van der Waals surface area contributed by atoms with E-state index >= 15 is 0 Å². The summed E-state index contributed by atoms with van der Waals surface area (Å²) >= 11 is 0. The number of hydrogen-bond acceptors (Lipinski definition) is 4. The van der Waals surface area contributed by atoms with Crippen LogP contribution in [0.4, 0.5) is 0 Å². The Balaban J connectivity index is 2.19. The summed E-state index contributed by atoms with van der Waals surface area (Å²) in [6, 6.07) is 7.71. The molecule has 0 saturated heterocycles. The molecule has 19 heavy (non-hydrogen) atoms. The third kappa shape index (κ3) is 1.93. The van der Waals surface area contributed by atoms with E-state index in [0.29, 0.717) is 11.2 Å². The van der Waals surface area contributed by atoms with Gasteiger partial charge in [-0.05, 0) is 26.0 Å². The van der Waals surface area contributed by atoms with E-state index in [0.717, 1.165) is 11.0 Å². The zero-order chi connectivity index (χ0) is 13.4. The third-order valence-electron chi connectivity index (χ3n) is 2.81. The second-order valence-electron chi connectivity index (χ2n) is 4.55. The van der Waals surface area contributed by atoms with Crippen molar-refractivity contribution in [3.8, 4) is 0 Å². The second kappa shape index (κ2) is 4.35. The van der Waals surface area contributed by atoms with Crippen molar-refractivity contribution in [2.24, 2.45) is 0 Å². The smallest absolute Gasteiger partial charge is 0.359 e. The molecule has 0 bridgehead atoms. The molecule has 0 amide bonds. The second-order valence-corrected chi connectivity index (χ2v) is 4.55. The fourth-order valence-electron chi connectivity index (χ4n) is 2.01. The Morgan fingerprint density at radius 2 is 2.00 bits per heavy atom. The first-order chi connectivity index (χ1) is 9.16. The third-order valence-corrected chi connectivity index (χ3v) is 2.81. The van der Waals surface area contributed by atoms with Crippen molar-refractivity contribution in [2.45, 2.75) is 20.0 Å². The minimum absolute atomic E-state index is 0.169. The Labute approximate surface area is 109 Å². The van der Waals surface area contributed by atoms with E-state index < -0.39 is 5.97 Å². The molecular formula is C14H13N3O2. The fraction of sp³-hybridized carbons (Fsp3) is 0.214. The van der Waals surface area contributed by atoms with Crippen molar-refractivity contribution >= 4 is 22.5 Å².